The average Bonchev–Trinajstić information content (AvgIpc) is 2.68. The molecule has 0 radical (unpaired) electrons. The van der Waals surface area contributed by atoms with E-state index in [0.29, 0.717) is 4.90 Å². The summed E-state index contributed by atoms with van der Waals surface area (Å²) >= 11 is 0. The molecule has 1 aliphatic rings. The second-order valence-corrected chi connectivity index (χ2v) is 3.61. The first kappa shape index (κ1) is 12.4. The molecule has 2 amide bonds. The van der Waals surface area contributed by atoms with Gasteiger partial charge in [0.1, 0.15) is 0 Å². The third-order valence-electron chi connectivity index (χ3n) is 2.47. The summed E-state index contributed by atoms with van der Waals surface area (Å²) in [6, 6.07) is 2.85. The van der Waals surface area contributed by atoms with Gasteiger partial charge in [-0.2, -0.15) is 0 Å². The van der Waals surface area contributed by atoms with Crippen LogP contribution in [0.25, 0.3) is 0 Å². The number of hydrogen-bond donors (Lipinski definition) is 1. The maximum Gasteiger partial charge on any atom is 0.337 e. The van der Waals surface area contributed by atoms with Crippen molar-refractivity contribution in [3.8, 4) is 0 Å². The fourth-order valence-electron chi connectivity index (χ4n) is 1.64. The van der Waals surface area contributed by atoms with Crippen molar-refractivity contribution in [2.75, 3.05) is 4.90 Å². The minimum atomic E-state index is -1.39. The number of carbonyl (C=O) groups excluding carboxylic acids is 2. The molecule has 0 bridgehead atoms. The van der Waals surface area contributed by atoms with E-state index in [-0.39, 0.29) is 11.3 Å². The number of carbonyl (C=O) groups is 3. The van der Waals surface area contributed by atoms with Crippen molar-refractivity contribution in [2.24, 2.45) is 0 Å². The van der Waals surface area contributed by atoms with Crippen LogP contribution in [-0.2, 0) is 9.59 Å². The van der Waals surface area contributed by atoms with Gasteiger partial charge in [0.05, 0.1) is 16.2 Å². The van der Waals surface area contributed by atoms with Gasteiger partial charge in [0, 0.05) is 24.3 Å². The molecule has 8 heteroatoms. The number of rotatable bonds is 3. The number of carboxylic acids is 1. The van der Waals surface area contributed by atoms with E-state index in [4.69, 9.17) is 5.11 Å². The van der Waals surface area contributed by atoms with E-state index in [1.807, 2.05) is 0 Å². The van der Waals surface area contributed by atoms with Crippen LogP contribution in [0.4, 0.5) is 11.4 Å². The third kappa shape index (κ3) is 2.06. The van der Waals surface area contributed by atoms with Gasteiger partial charge in [0.25, 0.3) is 17.5 Å². The highest BCUT2D eigenvalue weighted by molar-refractivity contribution is 6.29. The number of nitro benzene ring substituents is 1. The normalized spacial score (nSPS) is 14.0. The minimum absolute atomic E-state index is 0.318. The average molecular weight is 262 g/mol. The van der Waals surface area contributed by atoms with Gasteiger partial charge in [-0.1, -0.05) is 0 Å². The van der Waals surface area contributed by atoms with E-state index in [0.717, 1.165) is 30.4 Å². The van der Waals surface area contributed by atoms with Gasteiger partial charge < -0.3 is 5.11 Å². The molecule has 0 aliphatic carbocycles. The van der Waals surface area contributed by atoms with Crippen LogP contribution >= 0.6 is 0 Å². The van der Waals surface area contributed by atoms with Crippen LogP contribution in [0.5, 0.6) is 0 Å². The molecule has 0 aromatic heterocycles. The first-order valence-electron chi connectivity index (χ1n) is 4.99. The first-order chi connectivity index (χ1) is 8.91. The highest BCUT2D eigenvalue weighted by atomic mass is 16.6. The number of hydrogen-bond acceptors (Lipinski definition) is 5. The number of anilines is 1. The number of nitro groups is 1. The molecule has 0 unspecified atom stereocenters. The Morgan fingerprint density at radius 3 is 2.26 bits per heavy atom. The summed E-state index contributed by atoms with van der Waals surface area (Å²) in [6.07, 6.45) is 1.93. The fraction of sp³-hybridized carbons (Fsp3) is 0. The molecule has 0 fully saturated rings. The second-order valence-electron chi connectivity index (χ2n) is 3.61. The quantitative estimate of drug-likeness (QED) is 0.487. The number of imide groups is 1. The zero-order valence-corrected chi connectivity index (χ0v) is 9.27. The van der Waals surface area contributed by atoms with E-state index in [2.05, 4.69) is 0 Å². The summed E-state index contributed by atoms with van der Waals surface area (Å²) in [6.45, 7) is 0. The molecule has 2 rings (SSSR count). The van der Waals surface area contributed by atoms with Crippen LogP contribution in [0.15, 0.2) is 30.4 Å². The SMILES string of the molecule is O=C(O)c1ccc([N+](=O)[O-])cc1N1C(=O)C=CC1=O. The van der Waals surface area contributed by atoms with Crippen molar-refractivity contribution in [1.82, 2.24) is 0 Å². The molecule has 96 valence electrons. The molecule has 0 atom stereocenters. The second kappa shape index (κ2) is 4.33. The molecule has 1 heterocycles. The van der Waals surface area contributed by atoms with E-state index in [1.165, 1.54) is 0 Å². The lowest BCUT2D eigenvalue weighted by Crippen LogP contribution is -2.31. The van der Waals surface area contributed by atoms with Crippen molar-refractivity contribution in [1.29, 1.82) is 0 Å². The van der Waals surface area contributed by atoms with E-state index >= 15 is 0 Å². The van der Waals surface area contributed by atoms with Crippen LogP contribution < -0.4 is 4.90 Å². The standard InChI is InChI=1S/C11H6N2O6/c14-9-3-4-10(15)12(9)8-5-6(13(18)19)1-2-7(8)11(16)17/h1-5H,(H,16,17). The zero-order chi connectivity index (χ0) is 14.2. The molecule has 1 aliphatic heterocycles. The summed E-state index contributed by atoms with van der Waals surface area (Å²) in [5.41, 5.74) is -1.09. The fourth-order valence-corrected chi connectivity index (χ4v) is 1.64. The van der Waals surface area contributed by atoms with Gasteiger partial charge in [0.15, 0.2) is 0 Å². The summed E-state index contributed by atoms with van der Waals surface area (Å²) in [7, 11) is 0. The molecule has 1 aromatic carbocycles. The number of amides is 2. The summed E-state index contributed by atoms with van der Waals surface area (Å²) in [4.78, 5) is 44.5. The highest BCUT2D eigenvalue weighted by Crippen LogP contribution is 2.28. The summed E-state index contributed by atoms with van der Waals surface area (Å²) < 4.78 is 0. The topological polar surface area (TPSA) is 118 Å². The van der Waals surface area contributed by atoms with Crippen LogP contribution in [0, 0.1) is 10.1 Å². The number of benzene rings is 1. The molecule has 0 spiro atoms. The van der Waals surface area contributed by atoms with E-state index in [9.17, 15) is 24.5 Å². The van der Waals surface area contributed by atoms with Crippen molar-refractivity contribution in [3.05, 3.63) is 46.0 Å². The Morgan fingerprint density at radius 2 is 1.79 bits per heavy atom. The van der Waals surface area contributed by atoms with Crippen molar-refractivity contribution in [3.63, 3.8) is 0 Å². The largest absolute Gasteiger partial charge is 0.478 e. The number of nitrogens with zero attached hydrogens (tertiary/aromatic N) is 2. The highest BCUT2D eigenvalue weighted by Gasteiger charge is 2.30. The maximum absolute atomic E-state index is 11.5. The maximum atomic E-state index is 11.5. The van der Waals surface area contributed by atoms with Gasteiger partial charge in [0.2, 0.25) is 0 Å². The molecule has 1 N–H and O–H groups in total. The third-order valence-corrected chi connectivity index (χ3v) is 2.47. The number of carboxylic acid groups (broad SMARTS) is 1. The molecular formula is C11H6N2O6. The van der Waals surface area contributed by atoms with Gasteiger partial charge in [-0.3, -0.25) is 19.7 Å². The summed E-state index contributed by atoms with van der Waals surface area (Å²) in [5.74, 6) is -2.88. The molecule has 0 saturated heterocycles. The number of non-ortho nitro benzene ring substituents is 1. The lowest BCUT2D eigenvalue weighted by Gasteiger charge is -2.15. The van der Waals surface area contributed by atoms with Crippen molar-refractivity contribution >= 4 is 29.2 Å². The van der Waals surface area contributed by atoms with Crippen molar-refractivity contribution in [2.45, 2.75) is 0 Å². The monoisotopic (exact) mass is 262 g/mol. The first-order valence-corrected chi connectivity index (χ1v) is 4.99. The van der Waals surface area contributed by atoms with Crippen LogP contribution in [0.2, 0.25) is 0 Å². The van der Waals surface area contributed by atoms with E-state index in [1.54, 1.807) is 0 Å². The van der Waals surface area contributed by atoms with E-state index < -0.39 is 28.4 Å². The summed E-state index contributed by atoms with van der Waals surface area (Å²) in [5, 5.41) is 19.7. The Labute approximate surface area is 105 Å². The lowest BCUT2D eigenvalue weighted by molar-refractivity contribution is -0.384. The predicted molar refractivity (Wildman–Crippen MR) is 61.7 cm³/mol. The van der Waals surface area contributed by atoms with Crippen molar-refractivity contribution < 1.29 is 24.4 Å². The van der Waals surface area contributed by atoms with Gasteiger partial charge in [-0.25, -0.2) is 9.69 Å². The van der Waals surface area contributed by atoms with Gasteiger partial charge in [-0.15, -0.1) is 0 Å². The van der Waals surface area contributed by atoms with Crippen LogP contribution in [0.3, 0.4) is 0 Å². The Kier molecular flexibility index (Phi) is 2.83. The Bertz CT molecular complexity index is 631. The van der Waals surface area contributed by atoms with Crippen LogP contribution in [0.1, 0.15) is 10.4 Å². The minimum Gasteiger partial charge on any atom is -0.478 e. The van der Waals surface area contributed by atoms with Crippen LogP contribution in [-0.4, -0.2) is 27.8 Å². The molecule has 8 nitrogen and oxygen atoms in total. The van der Waals surface area contributed by atoms with Gasteiger partial charge in [-0.05, 0) is 6.07 Å². The molecular weight excluding hydrogens is 256 g/mol. The number of aromatic carboxylic acids is 1. The lowest BCUT2D eigenvalue weighted by atomic mass is 10.1. The Morgan fingerprint density at radius 1 is 1.21 bits per heavy atom. The molecule has 1 aromatic rings. The Balaban J connectivity index is 2.62. The Hall–Kier alpha value is -3.03. The molecule has 19 heavy (non-hydrogen) atoms. The molecule has 0 saturated carbocycles. The smallest absolute Gasteiger partial charge is 0.337 e. The van der Waals surface area contributed by atoms with Gasteiger partial charge >= 0.3 is 5.97 Å². The zero-order valence-electron chi connectivity index (χ0n) is 9.27. The predicted octanol–water partition coefficient (Wildman–Crippen LogP) is 0.722.